The number of phosphoric acid groups is 3. The summed E-state index contributed by atoms with van der Waals surface area (Å²) in [7, 11) is -14.9. The zero-order valence-electron chi connectivity index (χ0n) is 11.9. The van der Waals surface area contributed by atoms with Gasteiger partial charge < -0.3 is 49.8 Å². The molecule has 0 aromatic heterocycles. The summed E-state index contributed by atoms with van der Waals surface area (Å²) < 4.78 is 36.3. The van der Waals surface area contributed by atoms with Crippen LogP contribution in [-0.4, -0.2) is 87.1 Å². The van der Waals surface area contributed by atoms with Gasteiger partial charge in [-0.25, -0.2) is 13.7 Å². The summed E-state index contributed by atoms with van der Waals surface area (Å²) in [5, 5.41) is 35.6. The van der Waals surface area contributed by atoms with Crippen molar-refractivity contribution >= 4 is 29.3 Å². The minimum Gasteiger partial charge on any atom is -0.388 e. The molecule has 0 aromatic carbocycles. The third-order valence-corrected chi connectivity index (χ3v) is 4.02. The maximum Gasteiger partial charge on any atom is 0.478 e. The van der Waals surface area contributed by atoms with Crippen molar-refractivity contribution in [3.05, 3.63) is 0 Å². The molecule has 0 radical (unpaired) electrons. The highest BCUT2D eigenvalue weighted by Crippen LogP contribution is 2.53. The van der Waals surface area contributed by atoms with E-state index in [-0.39, 0.29) is 0 Å². The molecule has 0 rings (SSSR count). The highest BCUT2D eigenvalue weighted by atomic mass is 31.3. The molecule has 0 aliphatic carbocycles. The van der Waals surface area contributed by atoms with E-state index in [0.717, 1.165) is 0 Å². The number of phosphoric ester groups is 1. The van der Waals surface area contributed by atoms with Crippen LogP contribution in [-0.2, 0) is 27.3 Å². The first-order valence-electron chi connectivity index (χ1n) is 5.60. The lowest BCUT2D eigenvalue weighted by Gasteiger charge is -2.21. The molecule has 0 aliphatic rings. The third kappa shape index (κ3) is 17.1. The van der Waals surface area contributed by atoms with Gasteiger partial charge in [0.1, 0.15) is 24.9 Å². The van der Waals surface area contributed by atoms with Gasteiger partial charge in [-0.3, -0.25) is 9.32 Å². The molecule has 152 valence electrons. The van der Waals surface area contributed by atoms with E-state index < -0.39 is 60.8 Å². The van der Waals surface area contributed by atoms with Crippen molar-refractivity contribution in [1.29, 1.82) is 0 Å². The van der Waals surface area contributed by atoms with Gasteiger partial charge in [0.15, 0.2) is 5.78 Å². The molecule has 0 spiro atoms. The molecule has 0 bridgehead atoms. The van der Waals surface area contributed by atoms with Crippen LogP contribution >= 0.6 is 23.5 Å². The van der Waals surface area contributed by atoms with Gasteiger partial charge in [-0.05, 0) is 0 Å². The first-order valence-corrected chi connectivity index (χ1v) is 10.2. The summed E-state index contributed by atoms with van der Waals surface area (Å²) in [6, 6.07) is 0. The monoisotopic (exact) mass is 438 g/mol. The van der Waals surface area contributed by atoms with E-state index in [4.69, 9.17) is 49.8 Å². The summed E-state index contributed by atoms with van der Waals surface area (Å²) in [4.78, 5) is 58.2. The van der Waals surface area contributed by atoms with Gasteiger partial charge in [0.25, 0.3) is 0 Å². The second kappa shape index (κ2) is 10.9. The number of aliphatic hydroxyl groups excluding tert-OH is 4. The van der Waals surface area contributed by atoms with Crippen molar-refractivity contribution in [1.82, 2.24) is 0 Å². The molecule has 0 aliphatic heterocycles. The van der Waals surface area contributed by atoms with Crippen molar-refractivity contribution in [2.75, 3.05) is 13.2 Å². The Labute approximate surface area is 139 Å². The van der Waals surface area contributed by atoms with E-state index >= 15 is 0 Å². The number of rotatable bonds is 9. The lowest BCUT2D eigenvalue weighted by molar-refractivity contribution is -0.142. The largest absolute Gasteiger partial charge is 0.478 e. The zero-order chi connectivity index (χ0) is 20.6. The first-order chi connectivity index (χ1) is 10.9. The molecule has 0 amide bonds. The fraction of sp³-hybridized carbons (Fsp3) is 0.833. The minimum atomic E-state index is -5.05. The minimum absolute atomic E-state index is 0.971. The molecular weight excluding hydrogens is 421 g/mol. The maximum atomic E-state index is 10.7. The van der Waals surface area contributed by atoms with Crippen molar-refractivity contribution in [2.24, 2.45) is 0 Å². The molecule has 25 heavy (non-hydrogen) atoms. The van der Waals surface area contributed by atoms with Gasteiger partial charge in [0, 0.05) is 0 Å². The number of ketones is 1. The van der Waals surface area contributed by atoms with Crippen molar-refractivity contribution in [3.8, 4) is 0 Å². The molecule has 0 heterocycles. The lowest BCUT2D eigenvalue weighted by Crippen LogP contribution is -2.45. The molecule has 0 aromatic rings. The smallest absolute Gasteiger partial charge is 0.388 e. The fourth-order valence-electron chi connectivity index (χ4n) is 0.905. The Hall–Kier alpha value is -0.120. The highest BCUT2D eigenvalue weighted by Gasteiger charge is 2.31. The Morgan fingerprint density at radius 3 is 1.48 bits per heavy atom. The number of hydrogen-bond acceptors (Lipinski definition) is 10. The maximum absolute atomic E-state index is 10.7. The van der Waals surface area contributed by atoms with E-state index in [1.54, 1.807) is 0 Å². The number of carbonyl (C=O) groups is 1. The topological polar surface area (TPSA) is 289 Å². The van der Waals surface area contributed by atoms with E-state index in [1.807, 2.05) is 0 Å². The number of carbonyl (C=O) groups excluding carboxylic acids is 1. The summed E-state index contributed by atoms with van der Waals surface area (Å²) >= 11 is 0. The number of aliphatic hydroxyl groups is 4. The van der Waals surface area contributed by atoms with Crippen LogP contribution in [0.3, 0.4) is 0 Å². The van der Waals surface area contributed by atoms with Crippen LogP contribution in [0.1, 0.15) is 0 Å². The Bertz CT molecular complexity index is 522. The summed E-state index contributed by atoms with van der Waals surface area (Å²) in [5.74, 6) is -1.14. The van der Waals surface area contributed by atoms with Crippen LogP contribution in [0.2, 0.25) is 0 Å². The van der Waals surface area contributed by atoms with Crippen molar-refractivity contribution < 1.29 is 77.1 Å². The van der Waals surface area contributed by atoms with E-state index in [0.29, 0.717) is 0 Å². The van der Waals surface area contributed by atoms with Gasteiger partial charge >= 0.3 is 23.5 Å². The normalized spacial score (nSPS) is 16.4. The third-order valence-electron chi connectivity index (χ3n) is 1.83. The van der Waals surface area contributed by atoms with Gasteiger partial charge in [0.05, 0.1) is 6.61 Å². The van der Waals surface area contributed by atoms with Gasteiger partial charge in [0.2, 0.25) is 0 Å². The van der Waals surface area contributed by atoms with Gasteiger partial charge in [-0.2, -0.15) is 4.31 Å². The van der Waals surface area contributed by atoms with E-state index in [2.05, 4.69) is 8.83 Å². The zero-order valence-corrected chi connectivity index (χ0v) is 14.6. The SMILES string of the molecule is O=C(CO)[C@@H](O)[C@H](O)[C@H](O)COP(=O)(O)O.O=P(O)(O)OP(=O)(O)O. The first kappa shape index (κ1) is 27.1. The number of Topliss-reactive ketones (excluding diaryl/α,β-unsaturated/α-hetero) is 1. The molecule has 3 atom stereocenters. The quantitative estimate of drug-likeness (QED) is 0.153. The van der Waals surface area contributed by atoms with Gasteiger partial charge in [-0.15, -0.1) is 0 Å². The predicted octanol–water partition coefficient (Wildman–Crippen LogP) is -4.07. The highest BCUT2D eigenvalue weighted by molar-refractivity contribution is 7.60. The Kier molecular flexibility index (Phi) is 11.8. The Morgan fingerprint density at radius 2 is 1.24 bits per heavy atom. The average molecular weight is 438 g/mol. The predicted molar refractivity (Wildman–Crippen MR) is 73.3 cm³/mol. The van der Waals surface area contributed by atoms with Crippen LogP contribution < -0.4 is 0 Å². The molecule has 16 nitrogen and oxygen atoms in total. The van der Waals surface area contributed by atoms with E-state index in [1.165, 1.54) is 0 Å². The second-order valence-corrected chi connectivity index (χ2v) is 7.83. The van der Waals surface area contributed by atoms with Crippen molar-refractivity contribution in [3.63, 3.8) is 0 Å². The average Bonchev–Trinajstić information content (AvgIpc) is 2.37. The molecular formula is C6H17O16P3. The standard InChI is InChI=1S/C6H13O9P.H4O7P2/c7-1-3(8)5(10)6(11)4(9)2-15-16(12,13)14;1-8(2,3)7-9(4,5)6/h4-7,9-11H,1-2H2,(H2,12,13,14);(H2,1,2,3)(H2,4,5,6)/t4-,5-,6-;/m1./s1. The van der Waals surface area contributed by atoms with Crippen LogP contribution in [0.25, 0.3) is 0 Å². The van der Waals surface area contributed by atoms with Crippen LogP contribution in [0.5, 0.6) is 0 Å². The second-order valence-electron chi connectivity index (χ2n) is 3.98. The van der Waals surface area contributed by atoms with Crippen LogP contribution in [0, 0.1) is 0 Å². The Morgan fingerprint density at radius 1 is 0.840 bits per heavy atom. The van der Waals surface area contributed by atoms with Gasteiger partial charge in [-0.1, -0.05) is 0 Å². The number of hydrogen-bond donors (Lipinski definition) is 10. The molecule has 10 N–H and O–H groups in total. The van der Waals surface area contributed by atoms with Crippen LogP contribution in [0.4, 0.5) is 0 Å². The summed E-state index contributed by atoms with van der Waals surface area (Å²) in [6.07, 6.45) is -5.94. The molecule has 0 unspecified atom stereocenters. The lowest BCUT2D eigenvalue weighted by atomic mass is 10.1. The summed E-state index contributed by atoms with van der Waals surface area (Å²) in [6.45, 7) is -2.01. The molecule has 19 heteroatoms. The Balaban J connectivity index is 0. The molecule has 0 saturated carbocycles. The van der Waals surface area contributed by atoms with Crippen LogP contribution in [0.15, 0.2) is 0 Å². The van der Waals surface area contributed by atoms with Crippen molar-refractivity contribution in [2.45, 2.75) is 18.3 Å². The molecule has 0 fully saturated rings. The van der Waals surface area contributed by atoms with E-state index in [9.17, 15) is 18.5 Å². The fourth-order valence-corrected chi connectivity index (χ4v) is 2.36. The summed E-state index contributed by atoms with van der Waals surface area (Å²) in [5.41, 5.74) is 0. The molecule has 0 saturated heterocycles.